The molecule has 0 spiro atoms. The number of rotatable bonds is 6. The van der Waals surface area contributed by atoms with Crippen molar-refractivity contribution in [1.82, 2.24) is 5.32 Å². The Morgan fingerprint density at radius 2 is 2.21 bits per heavy atom. The molecule has 1 heterocycles. The summed E-state index contributed by atoms with van der Waals surface area (Å²) in [7, 11) is 1.96. The maximum absolute atomic E-state index is 6.18. The van der Waals surface area contributed by atoms with Crippen LogP contribution in [0.4, 0.5) is 0 Å². The molecular weight excluding hydrogens is 262 g/mol. The van der Waals surface area contributed by atoms with Crippen LogP contribution in [0.2, 0.25) is 5.02 Å². The van der Waals surface area contributed by atoms with Gasteiger partial charge < -0.3 is 14.8 Å². The second kappa shape index (κ2) is 6.60. The maximum atomic E-state index is 6.18. The molecule has 0 aromatic heterocycles. The molecule has 19 heavy (non-hydrogen) atoms. The number of hydrogen-bond acceptors (Lipinski definition) is 3. The molecule has 1 aromatic rings. The quantitative estimate of drug-likeness (QED) is 0.871. The van der Waals surface area contributed by atoms with Crippen molar-refractivity contribution in [3.8, 4) is 5.75 Å². The van der Waals surface area contributed by atoms with Crippen LogP contribution >= 0.6 is 11.6 Å². The topological polar surface area (TPSA) is 30.5 Å². The van der Waals surface area contributed by atoms with Crippen LogP contribution in [-0.2, 0) is 17.6 Å². The SMILES string of the molecule is CNC(COC(C)C)Cc1cc(Cl)cc2c1OCC2. The van der Waals surface area contributed by atoms with Gasteiger partial charge in [-0.3, -0.25) is 0 Å². The lowest BCUT2D eigenvalue weighted by Crippen LogP contribution is -2.33. The minimum Gasteiger partial charge on any atom is -0.493 e. The predicted octanol–water partition coefficient (Wildman–Crippen LogP) is 2.83. The zero-order valence-corrected chi connectivity index (χ0v) is 12.6. The molecule has 106 valence electrons. The first kappa shape index (κ1) is 14.6. The number of benzene rings is 1. The van der Waals surface area contributed by atoms with E-state index < -0.39 is 0 Å². The Labute approximate surface area is 120 Å². The van der Waals surface area contributed by atoms with Crippen LogP contribution < -0.4 is 10.1 Å². The van der Waals surface area contributed by atoms with E-state index in [4.69, 9.17) is 21.1 Å². The van der Waals surface area contributed by atoms with Crippen molar-refractivity contribution in [2.45, 2.75) is 38.8 Å². The van der Waals surface area contributed by atoms with Crippen LogP contribution in [-0.4, -0.2) is 32.4 Å². The van der Waals surface area contributed by atoms with Crippen LogP contribution in [0.15, 0.2) is 12.1 Å². The summed E-state index contributed by atoms with van der Waals surface area (Å²) in [5.74, 6) is 1.02. The van der Waals surface area contributed by atoms with E-state index in [1.807, 2.05) is 33.0 Å². The van der Waals surface area contributed by atoms with Gasteiger partial charge in [-0.2, -0.15) is 0 Å². The summed E-state index contributed by atoms with van der Waals surface area (Å²) in [5.41, 5.74) is 2.40. The van der Waals surface area contributed by atoms with Crippen molar-refractivity contribution in [1.29, 1.82) is 0 Å². The molecule has 0 amide bonds. The normalized spacial score (nSPS) is 15.4. The van der Waals surface area contributed by atoms with Crippen LogP contribution in [0, 0.1) is 0 Å². The van der Waals surface area contributed by atoms with Crippen molar-refractivity contribution < 1.29 is 9.47 Å². The fraction of sp³-hybridized carbons (Fsp3) is 0.600. The zero-order valence-electron chi connectivity index (χ0n) is 11.8. The van der Waals surface area contributed by atoms with E-state index >= 15 is 0 Å². The Morgan fingerprint density at radius 3 is 2.89 bits per heavy atom. The molecule has 1 aromatic carbocycles. The van der Waals surface area contributed by atoms with Crippen LogP contribution in [0.25, 0.3) is 0 Å². The molecule has 0 bridgehead atoms. The Morgan fingerprint density at radius 1 is 1.42 bits per heavy atom. The summed E-state index contributed by atoms with van der Waals surface area (Å²) < 4.78 is 11.4. The van der Waals surface area contributed by atoms with Gasteiger partial charge in [0, 0.05) is 17.5 Å². The van der Waals surface area contributed by atoms with Gasteiger partial charge >= 0.3 is 0 Å². The molecule has 2 rings (SSSR count). The minimum atomic E-state index is 0.247. The minimum absolute atomic E-state index is 0.247. The average molecular weight is 284 g/mol. The molecule has 1 unspecified atom stereocenters. The molecule has 0 fully saturated rings. The number of ether oxygens (including phenoxy) is 2. The van der Waals surface area contributed by atoms with Gasteiger partial charge in [-0.1, -0.05) is 11.6 Å². The van der Waals surface area contributed by atoms with E-state index in [0.717, 1.165) is 30.2 Å². The summed E-state index contributed by atoms with van der Waals surface area (Å²) >= 11 is 6.18. The average Bonchev–Trinajstić information content (AvgIpc) is 2.81. The lowest BCUT2D eigenvalue weighted by Gasteiger charge is -2.19. The monoisotopic (exact) mass is 283 g/mol. The van der Waals surface area contributed by atoms with Gasteiger partial charge in [0.25, 0.3) is 0 Å². The smallest absolute Gasteiger partial charge is 0.125 e. The van der Waals surface area contributed by atoms with Crippen molar-refractivity contribution in [2.24, 2.45) is 0 Å². The van der Waals surface area contributed by atoms with Crippen LogP contribution in [0.1, 0.15) is 25.0 Å². The summed E-state index contributed by atoms with van der Waals surface area (Å²) in [6.45, 7) is 5.55. The van der Waals surface area contributed by atoms with E-state index in [0.29, 0.717) is 6.61 Å². The summed E-state index contributed by atoms with van der Waals surface area (Å²) in [6.07, 6.45) is 2.07. The molecule has 0 aliphatic carbocycles. The van der Waals surface area contributed by atoms with E-state index in [-0.39, 0.29) is 12.1 Å². The third-order valence-electron chi connectivity index (χ3n) is 3.33. The molecule has 4 heteroatoms. The Hall–Kier alpha value is -0.770. The fourth-order valence-electron chi connectivity index (χ4n) is 2.32. The second-order valence-corrected chi connectivity index (χ2v) is 5.66. The molecule has 1 aliphatic heterocycles. The first-order chi connectivity index (χ1) is 9.10. The van der Waals surface area contributed by atoms with E-state index in [1.165, 1.54) is 11.1 Å². The lowest BCUT2D eigenvalue weighted by atomic mass is 10.0. The Bertz CT molecular complexity index is 434. The highest BCUT2D eigenvalue weighted by molar-refractivity contribution is 6.30. The van der Waals surface area contributed by atoms with Gasteiger partial charge in [0.2, 0.25) is 0 Å². The molecule has 1 N–H and O–H groups in total. The largest absolute Gasteiger partial charge is 0.493 e. The van der Waals surface area contributed by atoms with Crippen LogP contribution in [0.3, 0.4) is 0 Å². The Kier molecular flexibility index (Phi) is 5.08. The highest BCUT2D eigenvalue weighted by Crippen LogP contribution is 2.33. The standard InChI is InChI=1S/C15H22ClNO2/c1-10(2)19-9-14(17-3)8-12-7-13(16)6-11-4-5-18-15(11)12/h6-7,10,14,17H,4-5,8-9H2,1-3H3. The van der Waals surface area contributed by atoms with Gasteiger partial charge in [-0.25, -0.2) is 0 Å². The molecule has 0 radical (unpaired) electrons. The molecule has 3 nitrogen and oxygen atoms in total. The van der Waals surface area contributed by atoms with Gasteiger partial charge in [0.15, 0.2) is 0 Å². The van der Waals surface area contributed by atoms with Crippen molar-refractivity contribution in [2.75, 3.05) is 20.3 Å². The Balaban J connectivity index is 2.09. The van der Waals surface area contributed by atoms with E-state index in [1.54, 1.807) is 0 Å². The van der Waals surface area contributed by atoms with Gasteiger partial charge in [0.05, 0.1) is 19.3 Å². The van der Waals surface area contributed by atoms with Crippen molar-refractivity contribution in [3.63, 3.8) is 0 Å². The number of halogens is 1. The van der Waals surface area contributed by atoms with Gasteiger partial charge in [-0.05, 0) is 50.6 Å². The third-order valence-corrected chi connectivity index (χ3v) is 3.55. The number of nitrogens with one attached hydrogen (secondary N) is 1. The second-order valence-electron chi connectivity index (χ2n) is 5.22. The summed E-state index contributed by atoms with van der Waals surface area (Å²) in [5, 5.41) is 4.08. The zero-order chi connectivity index (χ0) is 13.8. The van der Waals surface area contributed by atoms with E-state index in [2.05, 4.69) is 5.32 Å². The van der Waals surface area contributed by atoms with E-state index in [9.17, 15) is 0 Å². The first-order valence-corrected chi connectivity index (χ1v) is 7.21. The molecular formula is C15H22ClNO2. The van der Waals surface area contributed by atoms with Gasteiger partial charge in [-0.15, -0.1) is 0 Å². The highest BCUT2D eigenvalue weighted by Gasteiger charge is 2.20. The highest BCUT2D eigenvalue weighted by atomic mass is 35.5. The van der Waals surface area contributed by atoms with Crippen molar-refractivity contribution >= 4 is 11.6 Å². The predicted molar refractivity (Wildman–Crippen MR) is 78.3 cm³/mol. The number of likely N-dealkylation sites (N-methyl/N-ethyl adjacent to an activating group) is 1. The fourth-order valence-corrected chi connectivity index (χ4v) is 2.58. The van der Waals surface area contributed by atoms with Gasteiger partial charge in [0.1, 0.15) is 5.75 Å². The van der Waals surface area contributed by atoms with Crippen LogP contribution in [0.5, 0.6) is 5.75 Å². The maximum Gasteiger partial charge on any atom is 0.125 e. The summed E-state index contributed by atoms with van der Waals surface area (Å²) in [6, 6.07) is 4.28. The first-order valence-electron chi connectivity index (χ1n) is 6.83. The molecule has 1 atom stereocenters. The molecule has 0 saturated heterocycles. The van der Waals surface area contributed by atoms with Crippen molar-refractivity contribution in [3.05, 3.63) is 28.3 Å². The summed E-state index contributed by atoms with van der Waals surface area (Å²) in [4.78, 5) is 0. The lowest BCUT2D eigenvalue weighted by molar-refractivity contribution is 0.0627. The molecule has 1 aliphatic rings. The third kappa shape index (κ3) is 3.85. The molecule has 0 saturated carbocycles. The number of fused-ring (bicyclic) bond motifs is 1. The number of hydrogen-bond donors (Lipinski definition) is 1.